The molecule has 3 heterocycles. The van der Waals surface area contributed by atoms with Gasteiger partial charge in [0.25, 0.3) is 0 Å². The number of rotatable bonds is 4. The highest BCUT2D eigenvalue weighted by Crippen LogP contribution is 2.27. The van der Waals surface area contributed by atoms with Gasteiger partial charge in [-0.2, -0.15) is 11.3 Å². The minimum Gasteiger partial charge on any atom is -0.480 e. The van der Waals surface area contributed by atoms with Gasteiger partial charge in [0.1, 0.15) is 11.0 Å². The van der Waals surface area contributed by atoms with Crippen molar-refractivity contribution in [3.8, 4) is 10.6 Å². The number of carboxylic acid groups (broad SMARTS) is 1. The number of carbonyl (C=O) groups is 1. The van der Waals surface area contributed by atoms with Gasteiger partial charge in [-0.25, -0.2) is 4.98 Å². The molecular weight excluding hydrogens is 304 g/mol. The van der Waals surface area contributed by atoms with Crippen molar-refractivity contribution in [1.82, 2.24) is 9.88 Å². The maximum Gasteiger partial charge on any atom is 0.320 e. The zero-order chi connectivity index (χ0) is 14.7. The first-order chi connectivity index (χ1) is 10.2. The summed E-state index contributed by atoms with van der Waals surface area (Å²) < 4.78 is 0. The average molecular weight is 322 g/mol. The molecule has 1 aliphatic rings. The number of likely N-dealkylation sites (tertiary alicyclic amines) is 1. The summed E-state index contributed by atoms with van der Waals surface area (Å²) in [4.78, 5) is 18.2. The van der Waals surface area contributed by atoms with Crippen molar-refractivity contribution in [3.05, 3.63) is 27.9 Å². The molecule has 1 N–H and O–H groups in total. The van der Waals surface area contributed by atoms with E-state index in [0.29, 0.717) is 6.54 Å². The second kappa shape index (κ2) is 6.68. The topological polar surface area (TPSA) is 53.4 Å². The van der Waals surface area contributed by atoms with Gasteiger partial charge in [-0.15, -0.1) is 11.3 Å². The summed E-state index contributed by atoms with van der Waals surface area (Å²) >= 11 is 3.30. The van der Waals surface area contributed by atoms with Crippen LogP contribution < -0.4 is 0 Å². The van der Waals surface area contributed by atoms with Crippen molar-refractivity contribution >= 4 is 28.6 Å². The van der Waals surface area contributed by atoms with Crippen molar-refractivity contribution in [2.45, 2.75) is 38.3 Å². The summed E-state index contributed by atoms with van der Waals surface area (Å²) in [6.07, 6.45) is 3.95. The number of thiophene rings is 1. The third kappa shape index (κ3) is 3.51. The summed E-state index contributed by atoms with van der Waals surface area (Å²) in [6, 6.07) is 1.71. The van der Waals surface area contributed by atoms with Gasteiger partial charge in [-0.05, 0) is 30.8 Å². The summed E-state index contributed by atoms with van der Waals surface area (Å²) in [6.45, 7) is 1.49. The van der Waals surface area contributed by atoms with E-state index in [9.17, 15) is 9.90 Å². The Bertz CT molecular complexity index is 595. The zero-order valence-electron chi connectivity index (χ0n) is 11.7. The summed E-state index contributed by atoms with van der Waals surface area (Å²) in [5.74, 6) is -0.704. The average Bonchev–Trinajstić information content (AvgIpc) is 3.07. The van der Waals surface area contributed by atoms with E-state index in [-0.39, 0.29) is 6.04 Å². The third-order valence-corrected chi connectivity index (χ3v) is 5.46. The molecule has 1 unspecified atom stereocenters. The van der Waals surface area contributed by atoms with Crippen molar-refractivity contribution in [2.24, 2.45) is 0 Å². The fraction of sp³-hybridized carbons (Fsp3) is 0.467. The first kappa shape index (κ1) is 14.7. The predicted octanol–water partition coefficient (Wildman–Crippen LogP) is 3.70. The van der Waals surface area contributed by atoms with Crippen molar-refractivity contribution in [2.75, 3.05) is 6.54 Å². The maximum atomic E-state index is 11.4. The van der Waals surface area contributed by atoms with E-state index in [2.05, 4.69) is 26.7 Å². The second-order valence-corrected chi connectivity index (χ2v) is 6.97. The SMILES string of the molecule is O=C(O)C1CCCCCN1Cc1csc(-c2ccsc2)n1. The number of aromatic nitrogens is 1. The van der Waals surface area contributed by atoms with E-state index in [4.69, 9.17) is 0 Å². The molecule has 0 radical (unpaired) electrons. The molecule has 0 saturated carbocycles. The van der Waals surface area contributed by atoms with Crippen LogP contribution in [0.5, 0.6) is 0 Å². The highest BCUT2D eigenvalue weighted by atomic mass is 32.1. The van der Waals surface area contributed by atoms with Crippen molar-refractivity contribution in [1.29, 1.82) is 0 Å². The summed E-state index contributed by atoms with van der Waals surface area (Å²) in [5, 5.41) is 16.6. The molecule has 112 valence electrons. The van der Waals surface area contributed by atoms with Crippen LogP contribution in [-0.2, 0) is 11.3 Å². The molecule has 0 bridgehead atoms. The molecule has 2 aromatic rings. The van der Waals surface area contributed by atoms with E-state index in [1.54, 1.807) is 22.7 Å². The molecule has 1 saturated heterocycles. The van der Waals surface area contributed by atoms with Gasteiger partial charge in [-0.3, -0.25) is 9.69 Å². The molecule has 3 rings (SSSR count). The van der Waals surface area contributed by atoms with E-state index in [1.165, 1.54) is 0 Å². The molecule has 2 aromatic heterocycles. The maximum absolute atomic E-state index is 11.4. The lowest BCUT2D eigenvalue weighted by Gasteiger charge is -2.25. The summed E-state index contributed by atoms with van der Waals surface area (Å²) in [5.41, 5.74) is 2.14. The second-order valence-electron chi connectivity index (χ2n) is 5.33. The largest absolute Gasteiger partial charge is 0.480 e. The number of aliphatic carboxylic acids is 1. The Kier molecular flexibility index (Phi) is 4.67. The van der Waals surface area contributed by atoms with E-state index in [0.717, 1.165) is 48.5 Å². The molecule has 0 amide bonds. The molecule has 6 heteroatoms. The minimum atomic E-state index is -0.704. The van der Waals surface area contributed by atoms with E-state index < -0.39 is 5.97 Å². The fourth-order valence-corrected chi connectivity index (χ4v) is 4.27. The van der Waals surface area contributed by atoms with Gasteiger partial charge in [0.15, 0.2) is 0 Å². The molecule has 4 nitrogen and oxygen atoms in total. The molecule has 21 heavy (non-hydrogen) atoms. The summed E-state index contributed by atoms with van der Waals surface area (Å²) in [7, 11) is 0. The van der Waals surface area contributed by atoms with Gasteiger partial charge >= 0.3 is 5.97 Å². The van der Waals surface area contributed by atoms with Gasteiger partial charge in [0, 0.05) is 22.9 Å². The Labute approximate surface area is 132 Å². The Morgan fingerprint density at radius 1 is 1.38 bits per heavy atom. The van der Waals surface area contributed by atoms with Crippen LogP contribution >= 0.6 is 22.7 Å². The fourth-order valence-electron chi connectivity index (χ4n) is 2.74. The molecule has 1 fully saturated rings. The van der Waals surface area contributed by atoms with Crippen molar-refractivity contribution in [3.63, 3.8) is 0 Å². The Morgan fingerprint density at radius 2 is 2.29 bits per heavy atom. The van der Waals surface area contributed by atoms with Gasteiger partial charge in [0.05, 0.1) is 5.69 Å². The smallest absolute Gasteiger partial charge is 0.320 e. The Hall–Kier alpha value is -1.24. The molecule has 0 aromatic carbocycles. The van der Waals surface area contributed by atoms with Gasteiger partial charge in [0.2, 0.25) is 0 Å². The lowest BCUT2D eigenvalue weighted by molar-refractivity contribution is -0.143. The number of carboxylic acids is 1. The quantitative estimate of drug-likeness (QED) is 0.932. The Balaban J connectivity index is 1.73. The Morgan fingerprint density at radius 3 is 3.05 bits per heavy atom. The van der Waals surface area contributed by atoms with Crippen LogP contribution in [0.3, 0.4) is 0 Å². The van der Waals surface area contributed by atoms with E-state index >= 15 is 0 Å². The van der Waals surface area contributed by atoms with E-state index in [1.807, 2.05) is 5.38 Å². The highest BCUT2D eigenvalue weighted by Gasteiger charge is 2.27. The van der Waals surface area contributed by atoms with Gasteiger partial charge < -0.3 is 5.11 Å². The zero-order valence-corrected chi connectivity index (χ0v) is 13.3. The lowest BCUT2D eigenvalue weighted by atomic mass is 10.1. The molecular formula is C15H18N2O2S2. The molecule has 0 aliphatic carbocycles. The number of hydrogen-bond acceptors (Lipinski definition) is 5. The van der Waals surface area contributed by atoms with Crippen LogP contribution in [0.4, 0.5) is 0 Å². The molecule has 1 atom stereocenters. The third-order valence-electron chi connectivity index (χ3n) is 3.83. The standard InChI is InChI=1S/C15H18N2O2S2/c18-15(19)13-4-2-1-3-6-17(13)8-12-10-21-14(16-12)11-5-7-20-9-11/h5,7,9-10,13H,1-4,6,8H2,(H,18,19). The first-order valence-electron chi connectivity index (χ1n) is 7.18. The lowest BCUT2D eigenvalue weighted by Crippen LogP contribution is -2.40. The van der Waals surface area contributed by atoms with Crippen LogP contribution in [0.15, 0.2) is 22.2 Å². The van der Waals surface area contributed by atoms with Gasteiger partial charge in [-0.1, -0.05) is 12.8 Å². The van der Waals surface area contributed by atoms with Crippen LogP contribution in [0.2, 0.25) is 0 Å². The first-order valence-corrected chi connectivity index (χ1v) is 9.00. The number of nitrogens with zero attached hydrogens (tertiary/aromatic N) is 2. The van der Waals surface area contributed by atoms with Crippen LogP contribution in [0, 0.1) is 0 Å². The highest BCUT2D eigenvalue weighted by molar-refractivity contribution is 7.14. The van der Waals surface area contributed by atoms with Crippen molar-refractivity contribution < 1.29 is 9.90 Å². The van der Waals surface area contributed by atoms with Crippen LogP contribution in [-0.4, -0.2) is 33.5 Å². The number of thiazole rings is 1. The predicted molar refractivity (Wildman–Crippen MR) is 85.7 cm³/mol. The number of hydrogen-bond donors (Lipinski definition) is 1. The molecule has 0 spiro atoms. The normalized spacial score (nSPS) is 20.3. The molecule has 1 aliphatic heterocycles. The van der Waals surface area contributed by atoms with Crippen LogP contribution in [0.1, 0.15) is 31.4 Å². The van der Waals surface area contributed by atoms with Crippen LogP contribution in [0.25, 0.3) is 10.6 Å². The minimum absolute atomic E-state index is 0.362. The monoisotopic (exact) mass is 322 g/mol.